The van der Waals surface area contributed by atoms with Gasteiger partial charge in [0, 0.05) is 18.3 Å². The molecule has 0 aliphatic rings. The molecule has 0 saturated heterocycles. The molecule has 2 aromatic carbocycles. The first-order chi connectivity index (χ1) is 9.45. The van der Waals surface area contributed by atoms with Crippen LogP contribution in [0.25, 0.3) is 0 Å². The lowest BCUT2D eigenvalue weighted by Gasteiger charge is -2.08. The second kappa shape index (κ2) is 5.87. The summed E-state index contributed by atoms with van der Waals surface area (Å²) in [5, 5.41) is 22.9. The van der Waals surface area contributed by atoms with Crippen molar-refractivity contribution >= 4 is 27.3 Å². The van der Waals surface area contributed by atoms with Crippen molar-refractivity contribution in [2.75, 3.05) is 5.32 Å². The molecule has 2 aromatic rings. The van der Waals surface area contributed by atoms with Crippen molar-refractivity contribution in [2.45, 2.75) is 6.54 Å². The van der Waals surface area contributed by atoms with Crippen molar-refractivity contribution in [3.8, 4) is 5.75 Å². The SMILES string of the molecule is O=[N+]([O-])c1cc(F)cc(NCc2ccc(O)c(Br)c2)c1. The molecule has 0 saturated carbocycles. The van der Waals surface area contributed by atoms with Crippen LogP contribution in [0.1, 0.15) is 5.56 Å². The van der Waals surface area contributed by atoms with Crippen LogP contribution in [0.4, 0.5) is 15.8 Å². The average Bonchev–Trinajstić information content (AvgIpc) is 2.39. The number of nitrogens with one attached hydrogen (secondary N) is 1. The lowest BCUT2D eigenvalue weighted by Crippen LogP contribution is -2.01. The molecular formula is C13H10BrFN2O3. The third-order valence-corrected chi connectivity index (χ3v) is 3.24. The van der Waals surface area contributed by atoms with Crippen LogP contribution >= 0.6 is 15.9 Å². The van der Waals surface area contributed by atoms with Crippen molar-refractivity contribution in [2.24, 2.45) is 0 Å². The Kier molecular flexibility index (Phi) is 4.19. The minimum absolute atomic E-state index is 0.121. The lowest BCUT2D eigenvalue weighted by atomic mass is 10.2. The van der Waals surface area contributed by atoms with Crippen LogP contribution in [0.5, 0.6) is 5.75 Å². The number of anilines is 1. The number of non-ortho nitro benzene ring substituents is 1. The predicted molar refractivity (Wildman–Crippen MR) is 76.2 cm³/mol. The molecular weight excluding hydrogens is 331 g/mol. The number of nitrogens with zero attached hydrogens (tertiary/aromatic N) is 1. The smallest absolute Gasteiger partial charge is 0.274 e. The maximum absolute atomic E-state index is 13.2. The Bertz CT molecular complexity index is 664. The Morgan fingerprint density at radius 1 is 1.30 bits per heavy atom. The maximum Gasteiger partial charge on any atom is 0.274 e. The highest BCUT2D eigenvalue weighted by atomic mass is 79.9. The van der Waals surface area contributed by atoms with E-state index in [0.29, 0.717) is 16.7 Å². The van der Waals surface area contributed by atoms with Gasteiger partial charge in [0.2, 0.25) is 0 Å². The van der Waals surface area contributed by atoms with Gasteiger partial charge < -0.3 is 10.4 Å². The number of phenols is 1. The van der Waals surface area contributed by atoms with E-state index in [9.17, 15) is 19.6 Å². The maximum atomic E-state index is 13.2. The summed E-state index contributed by atoms with van der Waals surface area (Å²) in [4.78, 5) is 9.99. The van der Waals surface area contributed by atoms with Crippen LogP contribution in [-0.2, 0) is 6.54 Å². The molecule has 0 aromatic heterocycles. The summed E-state index contributed by atoms with van der Waals surface area (Å²) in [6.07, 6.45) is 0. The summed E-state index contributed by atoms with van der Waals surface area (Å²) in [5.74, 6) is -0.552. The highest BCUT2D eigenvalue weighted by Crippen LogP contribution is 2.25. The Morgan fingerprint density at radius 2 is 2.05 bits per heavy atom. The van der Waals surface area contributed by atoms with E-state index in [-0.39, 0.29) is 11.4 Å². The number of aromatic hydroxyl groups is 1. The third-order valence-electron chi connectivity index (χ3n) is 2.60. The fourth-order valence-corrected chi connectivity index (χ4v) is 2.07. The minimum Gasteiger partial charge on any atom is -0.507 e. The van der Waals surface area contributed by atoms with Gasteiger partial charge in [-0.15, -0.1) is 0 Å². The number of benzene rings is 2. The molecule has 0 aliphatic heterocycles. The zero-order chi connectivity index (χ0) is 14.7. The first-order valence-corrected chi connectivity index (χ1v) is 6.41. The van der Waals surface area contributed by atoms with E-state index in [0.717, 1.165) is 11.6 Å². The zero-order valence-corrected chi connectivity index (χ0v) is 11.7. The standard InChI is InChI=1S/C13H10BrFN2O3/c14-12-3-8(1-2-13(12)18)7-16-10-4-9(15)5-11(6-10)17(19)20/h1-6,16,18H,7H2. The van der Waals surface area contributed by atoms with E-state index >= 15 is 0 Å². The highest BCUT2D eigenvalue weighted by molar-refractivity contribution is 9.10. The van der Waals surface area contributed by atoms with Crippen molar-refractivity contribution in [3.05, 3.63) is 62.4 Å². The van der Waals surface area contributed by atoms with Gasteiger partial charge >= 0.3 is 0 Å². The molecule has 7 heteroatoms. The lowest BCUT2D eigenvalue weighted by molar-refractivity contribution is -0.385. The highest BCUT2D eigenvalue weighted by Gasteiger charge is 2.09. The van der Waals surface area contributed by atoms with Crippen LogP contribution < -0.4 is 5.32 Å². The van der Waals surface area contributed by atoms with Crippen molar-refractivity contribution in [1.29, 1.82) is 0 Å². The van der Waals surface area contributed by atoms with E-state index in [2.05, 4.69) is 21.2 Å². The third kappa shape index (κ3) is 3.45. The van der Waals surface area contributed by atoms with Gasteiger partial charge in [0.05, 0.1) is 15.5 Å². The number of nitro benzene ring substituents is 1. The van der Waals surface area contributed by atoms with Gasteiger partial charge in [0.15, 0.2) is 0 Å². The van der Waals surface area contributed by atoms with Crippen LogP contribution in [0.3, 0.4) is 0 Å². The van der Waals surface area contributed by atoms with Crippen LogP contribution in [0.15, 0.2) is 40.9 Å². The van der Waals surface area contributed by atoms with Gasteiger partial charge in [-0.2, -0.15) is 0 Å². The molecule has 5 nitrogen and oxygen atoms in total. The predicted octanol–water partition coefficient (Wildman–Crippen LogP) is 3.81. The topological polar surface area (TPSA) is 75.4 Å². The van der Waals surface area contributed by atoms with Crippen molar-refractivity contribution < 1.29 is 14.4 Å². The molecule has 0 spiro atoms. The van der Waals surface area contributed by atoms with Crippen LogP contribution in [-0.4, -0.2) is 10.0 Å². The van der Waals surface area contributed by atoms with Gasteiger partial charge in [-0.3, -0.25) is 10.1 Å². The summed E-state index contributed by atoms with van der Waals surface area (Å²) < 4.78 is 13.8. The van der Waals surface area contributed by atoms with Gasteiger partial charge in [-0.25, -0.2) is 4.39 Å². The molecule has 0 heterocycles. The van der Waals surface area contributed by atoms with E-state index in [1.54, 1.807) is 12.1 Å². The number of phenolic OH excluding ortho intramolecular Hbond substituents is 1. The second-order valence-electron chi connectivity index (χ2n) is 4.09. The number of hydrogen-bond donors (Lipinski definition) is 2. The summed E-state index contributed by atoms with van der Waals surface area (Å²) in [6, 6.07) is 8.23. The second-order valence-corrected chi connectivity index (χ2v) is 4.95. The van der Waals surface area contributed by atoms with E-state index in [1.807, 2.05) is 0 Å². The number of halogens is 2. The molecule has 2 N–H and O–H groups in total. The minimum atomic E-state index is -0.673. The molecule has 20 heavy (non-hydrogen) atoms. The molecule has 104 valence electrons. The van der Waals surface area contributed by atoms with Gasteiger partial charge in [0.1, 0.15) is 11.6 Å². The molecule has 0 unspecified atom stereocenters. The van der Waals surface area contributed by atoms with Gasteiger partial charge in [-0.1, -0.05) is 6.07 Å². The Morgan fingerprint density at radius 3 is 2.70 bits per heavy atom. The number of rotatable bonds is 4. The molecule has 0 amide bonds. The fourth-order valence-electron chi connectivity index (χ4n) is 1.65. The Hall–Kier alpha value is -2.15. The first kappa shape index (κ1) is 14.3. The molecule has 2 rings (SSSR count). The summed E-state index contributed by atoms with van der Waals surface area (Å²) in [6.45, 7) is 0.347. The Labute approximate surface area is 122 Å². The van der Waals surface area contributed by atoms with Crippen LogP contribution in [0, 0.1) is 15.9 Å². The summed E-state index contributed by atoms with van der Waals surface area (Å²) in [7, 11) is 0. The molecule has 0 atom stereocenters. The molecule has 0 radical (unpaired) electrons. The van der Waals surface area contributed by atoms with Crippen LogP contribution in [0.2, 0.25) is 0 Å². The summed E-state index contributed by atoms with van der Waals surface area (Å²) >= 11 is 3.19. The number of nitro groups is 1. The average molecular weight is 341 g/mol. The summed E-state index contributed by atoms with van der Waals surface area (Å²) in [5.41, 5.74) is 0.849. The zero-order valence-electron chi connectivity index (χ0n) is 10.1. The molecule has 0 aliphatic carbocycles. The fraction of sp³-hybridized carbons (Fsp3) is 0.0769. The van der Waals surface area contributed by atoms with Crippen molar-refractivity contribution in [3.63, 3.8) is 0 Å². The first-order valence-electron chi connectivity index (χ1n) is 5.62. The molecule has 0 fully saturated rings. The van der Waals surface area contributed by atoms with Gasteiger partial charge in [-0.05, 0) is 39.7 Å². The largest absolute Gasteiger partial charge is 0.507 e. The van der Waals surface area contributed by atoms with E-state index in [4.69, 9.17) is 0 Å². The Balaban J connectivity index is 2.14. The normalized spacial score (nSPS) is 10.3. The monoisotopic (exact) mass is 340 g/mol. The van der Waals surface area contributed by atoms with E-state index in [1.165, 1.54) is 18.2 Å². The van der Waals surface area contributed by atoms with Crippen molar-refractivity contribution in [1.82, 2.24) is 0 Å². The number of hydrogen-bond acceptors (Lipinski definition) is 4. The quantitative estimate of drug-likeness (QED) is 0.655. The van der Waals surface area contributed by atoms with Gasteiger partial charge in [0.25, 0.3) is 5.69 Å². The molecule has 0 bridgehead atoms. The van der Waals surface area contributed by atoms with E-state index < -0.39 is 10.7 Å².